The maximum absolute atomic E-state index is 12.2. The number of amides is 1. The van der Waals surface area contributed by atoms with Gasteiger partial charge in [-0.05, 0) is 39.8 Å². The van der Waals surface area contributed by atoms with Crippen LogP contribution in [0.15, 0.2) is 18.2 Å². The molecule has 1 amide bonds. The number of rotatable bonds is 7. The predicted molar refractivity (Wildman–Crippen MR) is 94.8 cm³/mol. The fourth-order valence-corrected chi connectivity index (χ4v) is 2.63. The number of nitro groups is 1. The summed E-state index contributed by atoms with van der Waals surface area (Å²) in [7, 11) is 3.34. The topological polar surface area (TPSA) is 93.0 Å². The van der Waals surface area contributed by atoms with Gasteiger partial charge in [0.2, 0.25) is 0 Å². The second-order valence-corrected chi connectivity index (χ2v) is 6.42. The van der Waals surface area contributed by atoms with E-state index in [9.17, 15) is 19.7 Å². The van der Waals surface area contributed by atoms with E-state index in [1.807, 2.05) is 27.7 Å². The van der Waals surface area contributed by atoms with Gasteiger partial charge in [-0.1, -0.05) is 0 Å². The van der Waals surface area contributed by atoms with E-state index < -0.39 is 17.5 Å². The Kier molecular flexibility index (Phi) is 6.90. The molecule has 0 fully saturated rings. The van der Waals surface area contributed by atoms with Gasteiger partial charge < -0.3 is 14.5 Å². The number of esters is 1. The largest absolute Gasteiger partial charge is 0.452 e. The number of hydrogen-bond acceptors (Lipinski definition) is 6. The SMILES string of the molecule is CC(C)N(C(=O)COC(=O)c1ccc(N(C)C)c([N+](=O)[O-])c1)C(C)C. The van der Waals surface area contributed by atoms with E-state index in [1.165, 1.54) is 12.1 Å². The molecule has 0 N–H and O–H groups in total. The molecular formula is C17H25N3O5. The second-order valence-electron chi connectivity index (χ2n) is 6.42. The molecule has 0 aromatic heterocycles. The molecule has 0 aliphatic rings. The third-order valence-electron chi connectivity index (χ3n) is 3.62. The molecule has 8 heteroatoms. The lowest BCUT2D eigenvalue weighted by Crippen LogP contribution is -2.44. The fourth-order valence-electron chi connectivity index (χ4n) is 2.63. The smallest absolute Gasteiger partial charge is 0.338 e. The first-order chi connectivity index (χ1) is 11.6. The molecule has 0 saturated carbocycles. The van der Waals surface area contributed by atoms with Crippen molar-refractivity contribution < 1.29 is 19.2 Å². The summed E-state index contributed by atoms with van der Waals surface area (Å²) in [4.78, 5) is 38.2. The molecular weight excluding hydrogens is 326 g/mol. The maximum atomic E-state index is 12.2. The minimum Gasteiger partial charge on any atom is -0.452 e. The summed E-state index contributed by atoms with van der Waals surface area (Å²) in [6, 6.07) is 4.03. The molecule has 0 unspecified atom stereocenters. The summed E-state index contributed by atoms with van der Waals surface area (Å²) in [5.74, 6) is -1.08. The van der Waals surface area contributed by atoms with Gasteiger partial charge in [0.25, 0.3) is 11.6 Å². The first kappa shape index (κ1) is 20.4. The van der Waals surface area contributed by atoms with Gasteiger partial charge in [0.1, 0.15) is 5.69 Å². The van der Waals surface area contributed by atoms with Gasteiger partial charge in [-0.3, -0.25) is 14.9 Å². The highest BCUT2D eigenvalue weighted by atomic mass is 16.6. The molecule has 0 spiro atoms. The van der Waals surface area contributed by atoms with Crippen LogP contribution < -0.4 is 4.90 Å². The van der Waals surface area contributed by atoms with E-state index in [2.05, 4.69) is 0 Å². The van der Waals surface area contributed by atoms with Gasteiger partial charge >= 0.3 is 5.97 Å². The zero-order chi connectivity index (χ0) is 19.3. The molecule has 0 radical (unpaired) electrons. The van der Waals surface area contributed by atoms with Crippen molar-refractivity contribution in [3.8, 4) is 0 Å². The van der Waals surface area contributed by atoms with Crippen molar-refractivity contribution in [2.45, 2.75) is 39.8 Å². The molecule has 0 aliphatic heterocycles. The average Bonchev–Trinajstić information content (AvgIpc) is 2.50. The molecule has 0 heterocycles. The normalized spacial score (nSPS) is 10.7. The van der Waals surface area contributed by atoms with Crippen LogP contribution in [-0.2, 0) is 9.53 Å². The van der Waals surface area contributed by atoms with Gasteiger partial charge in [-0.15, -0.1) is 0 Å². The van der Waals surface area contributed by atoms with Crippen molar-refractivity contribution in [2.24, 2.45) is 0 Å². The lowest BCUT2D eigenvalue weighted by molar-refractivity contribution is -0.384. The van der Waals surface area contributed by atoms with E-state index in [0.717, 1.165) is 6.07 Å². The van der Waals surface area contributed by atoms with Crippen molar-refractivity contribution in [1.29, 1.82) is 0 Å². The molecule has 0 bridgehead atoms. The summed E-state index contributed by atoms with van der Waals surface area (Å²) < 4.78 is 5.04. The Balaban J connectivity index is 2.90. The predicted octanol–water partition coefficient (Wildman–Crippen LogP) is 2.46. The number of hydrogen-bond donors (Lipinski definition) is 0. The standard InChI is InChI=1S/C17H25N3O5/c1-11(2)19(12(3)4)16(21)10-25-17(22)13-7-8-14(18(5)6)15(9-13)20(23)24/h7-9,11-12H,10H2,1-6H3. The highest BCUT2D eigenvalue weighted by Gasteiger charge is 2.23. The highest BCUT2D eigenvalue weighted by molar-refractivity contribution is 5.93. The quantitative estimate of drug-likeness (QED) is 0.426. The summed E-state index contributed by atoms with van der Waals surface area (Å²) in [6.45, 7) is 7.11. The number of nitrogens with zero attached hydrogens (tertiary/aromatic N) is 3. The van der Waals surface area contributed by atoms with Crippen LogP contribution in [0, 0.1) is 10.1 Å². The van der Waals surface area contributed by atoms with Crippen LogP contribution in [0.4, 0.5) is 11.4 Å². The molecule has 8 nitrogen and oxygen atoms in total. The summed E-state index contributed by atoms with van der Waals surface area (Å²) in [6.07, 6.45) is 0. The Morgan fingerprint density at radius 2 is 1.72 bits per heavy atom. The summed E-state index contributed by atoms with van der Waals surface area (Å²) >= 11 is 0. The Bertz CT molecular complexity index is 648. The number of carbonyl (C=O) groups excluding carboxylic acids is 2. The zero-order valence-corrected chi connectivity index (χ0v) is 15.5. The highest BCUT2D eigenvalue weighted by Crippen LogP contribution is 2.27. The number of benzene rings is 1. The van der Waals surface area contributed by atoms with Crippen LogP contribution in [0.2, 0.25) is 0 Å². The van der Waals surface area contributed by atoms with E-state index in [-0.39, 0.29) is 29.2 Å². The number of nitro benzene ring substituents is 1. The van der Waals surface area contributed by atoms with Gasteiger partial charge in [0, 0.05) is 32.2 Å². The van der Waals surface area contributed by atoms with E-state index >= 15 is 0 Å². The maximum Gasteiger partial charge on any atom is 0.338 e. The van der Waals surface area contributed by atoms with Crippen LogP contribution in [0.5, 0.6) is 0 Å². The Labute approximate surface area is 147 Å². The molecule has 1 aromatic rings. The zero-order valence-electron chi connectivity index (χ0n) is 15.5. The van der Waals surface area contributed by atoms with Crippen molar-refractivity contribution >= 4 is 23.3 Å². The van der Waals surface area contributed by atoms with Gasteiger partial charge in [0.15, 0.2) is 6.61 Å². The van der Waals surface area contributed by atoms with Crippen LogP contribution in [-0.4, -0.2) is 54.5 Å². The third-order valence-corrected chi connectivity index (χ3v) is 3.62. The van der Waals surface area contributed by atoms with Gasteiger partial charge in [0.05, 0.1) is 10.5 Å². The van der Waals surface area contributed by atoms with Crippen LogP contribution in [0.3, 0.4) is 0 Å². The van der Waals surface area contributed by atoms with E-state index in [4.69, 9.17) is 4.74 Å². The second kappa shape index (κ2) is 8.46. The molecule has 0 aliphatic carbocycles. The molecule has 138 valence electrons. The molecule has 0 atom stereocenters. The van der Waals surface area contributed by atoms with Crippen molar-refractivity contribution in [2.75, 3.05) is 25.6 Å². The lowest BCUT2D eigenvalue weighted by Gasteiger charge is -2.30. The molecule has 25 heavy (non-hydrogen) atoms. The summed E-state index contributed by atoms with van der Waals surface area (Å²) in [5, 5.41) is 11.2. The van der Waals surface area contributed by atoms with Crippen LogP contribution in [0.25, 0.3) is 0 Å². The average molecular weight is 351 g/mol. The van der Waals surface area contributed by atoms with Crippen LogP contribution in [0.1, 0.15) is 38.1 Å². The Morgan fingerprint density at radius 1 is 1.16 bits per heavy atom. The molecule has 1 aromatic carbocycles. The summed E-state index contributed by atoms with van der Waals surface area (Å²) in [5.41, 5.74) is 0.214. The lowest BCUT2D eigenvalue weighted by atomic mass is 10.1. The van der Waals surface area contributed by atoms with Crippen molar-refractivity contribution in [3.63, 3.8) is 0 Å². The number of anilines is 1. The van der Waals surface area contributed by atoms with Crippen molar-refractivity contribution in [1.82, 2.24) is 4.90 Å². The van der Waals surface area contributed by atoms with Gasteiger partial charge in [-0.2, -0.15) is 0 Å². The number of ether oxygens (including phenoxy) is 1. The third kappa shape index (κ3) is 5.17. The molecule has 1 rings (SSSR count). The monoisotopic (exact) mass is 351 g/mol. The van der Waals surface area contributed by atoms with Crippen LogP contribution >= 0.6 is 0 Å². The Hall–Kier alpha value is -2.64. The van der Waals surface area contributed by atoms with E-state index in [1.54, 1.807) is 23.9 Å². The van der Waals surface area contributed by atoms with Crippen molar-refractivity contribution in [3.05, 3.63) is 33.9 Å². The van der Waals surface area contributed by atoms with Gasteiger partial charge in [-0.25, -0.2) is 4.79 Å². The first-order valence-electron chi connectivity index (χ1n) is 8.00. The van der Waals surface area contributed by atoms with E-state index in [0.29, 0.717) is 5.69 Å². The minimum absolute atomic E-state index is 0.0216. The number of carbonyl (C=O) groups is 2. The molecule has 0 saturated heterocycles. The minimum atomic E-state index is -0.769. The Morgan fingerprint density at radius 3 is 2.16 bits per heavy atom. The fraction of sp³-hybridized carbons (Fsp3) is 0.529. The first-order valence-corrected chi connectivity index (χ1v) is 8.00.